The molecule has 1 saturated heterocycles. The van der Waals surface area contributed by atoms with Gasteiger partial charge in [-0.3, -0.25) is 0 Å². The van der Waals surface area contributed by atoms with Crippen molar-refractivity contribution in [3.63, 3.8) is 0 Å². The Morgan fingerprint density at radius 2 is 1.61 bits per heavy atom. The lowest BCUT2D eigenvalue weighted by Crippen LogP contribution is -2.41. The Kier molecular flexibility index (Phi) is 3.37. The molecular weight excluding hydrogens is 293 g/mol. The van der Waals surface area contributed by atoms with Crippen molar-refractivity contribution < 1.29 is 9.31 Å². The van der Waals surface area contributed by atoms with E-state index in [2.05, 4.69) is 55.5 Å². The Hall–Kier alpha value is -0.385. The van der Waals surface area contributed by atoms with E-state index in [1.54, 1.807) is 0 Å². The van der Waals surface area contributed by atoms with Gasteiger partial charge in [0, 0.05) is 11.2 Å². The first-order valence-corrected chi connectivity index (χ1v) is 6.92. The van der Waals surface area contributed by atoms with Gasteiger partial charge >= 0.3 is 7.12 Å². The van der Waals surface area contributed by atoms with Gasteiger partial charge < -0.3 is 9.31 Å². The van der Waals surface area contributed by atoms with Crippen molar-refractivity contribution in [3.8, 4) is 0 Å². The minimum atomic E-state index is -0.337. The summed E-state index contributed by atoms with van der Waals surface area (Å²) in [6.07, 6.45) is 0. The van der Waals surface area contributed by atoms with Crippen molar-refractivity contribution in [2.24, 2.45) is 0 Å². The quantitative estimate of drug-likeness (QED) is 0.590. The number of aromatic nitrogens is 1. The Bertz CT molecular complexity index is 449. The third kappa shape index (κ3) is 2.24. The average molecular weight is 312 g/mol. The van der Waals surface area contributed by atoms with Crippen molar-refractivity contribution in [1.29, 1.82) is 0 Å². The molecule has 0 bridgehead atoms. The molecule has 18 heavy (non-hydrogen) atoms. The zero-order valence-corrected chi connectivity index (χ0v) is 13.4. The second-order valence-corrected chi connectivity index (χ2v) is 6.66. The molecule has 0 aromatic carbocycles. The molecule has 2 rings (SSSR count). The molecule has 1 aliphatic heterocycles. The Morgan fingerprint density at radius 1 is 1.11 bits per heavy atom. The number of hydrogen-bond acceptors (Lipinski definition) is 3. The van der Waals surface area contributed by atoms with Gasteiger partial charge in [-0.1, -0.05) is 0 Å². The standard InChI is InChI=1S/C13H19BBrNO2/c1-8-7-10(15)16-9(2)11(8)14-17-12(3,4)13(5,6)18-14/h7H,1-6H3. The van der Waals surface area contributed by atoms with E-state index >= 15 is 0 Å². The van der Waals surface area contributed by atoms with E-state index in [-0.39, 0.29) is 18.3 Å². The van der Waals surface area contributed by atoms with Crippen LogP contribution in [0, 0.1) is 13.8 Å². The Morgan fingerprint density at radius 3 is 2.06 bits per heavy atom. The first-order chi connectivity index (χ1) is 8.14. The lowest BCUT2D eigenvalue weighted by Gasteiger charge is -2.32. The number of aryl methyl sites for hydroxylation is 2. The molecule has 2 heterocycles. The van der Waals surface area contributed by atoms with Crippen LogP contribution in [0.25, 0.3) is 0 Å². The van der Waals surface area contributed by atoms with Crippen LogP contribution < -0.4 is 5.46 Å². The molecule has 0 unspecified atom stereocenters. The van der Waals surface area contributed by atoms with Gasteiger partial charge in [-0.15, -0.1) is 0 Å². The van der Waals surface area contributed by atoms with E-state index in [1.807, 2.05) is 13.0 Å². The largest absolute Gasteiger partial charge is 0.496 e. The molecule has 0 atom stereocenters. The summed E-state index contributed by atoms with van der Waals surface area (Å²) in [5, 5.41) is 0. The molecule has 3 nitrogen and oxygen atoms in total. The van der Waals surface area contributed by atoms with E-state index in [4.69, 9.17) is 9.31 Å². The maximum atomic E-state index is 6.07. The smallest absolute Gasteiger partial charge is 0.399 e. The van der Waals surface area contributed by atoms with Crippen LogP contribution in [0.15, 0.2) is 10.7 Å². The van der Waals surface area contributed by atoms with Crippen molar-refractivity contribution in [3.05, 3.63) is 21.9 Å². The van der Waals surface area contributed by atoms with Crippen molar-refractivity contribution in [2.75, 3.05) is 0 Å². The Labute approximate surface area is 118 Å². The SMILES string of the molecule is Cc1cc(Br)nc(C)c1B1OC(C)(C)C(C)(C)O1. The van der Waals surface area contributed by atoms with E-state index in [9.17, 15) is 0 Å². The predicted molar refractivity (Wildman–Crippen MR) is 77.1 cm³/mol. The van der Waals surface area contributed by atoms with Gasteiger partial charge in [0.1, 0.15) is 4.60 Å². The lowest BCUT2D eigenvalue weighted by molar-refractivity contribution is 0.00578. The van der Waals surface area contributed by atoms with Gasteiger partial charge in [0.15, 0.2) is 0 Å². The van der Waals surface area contributed by atoms with Crippen molar-refractivity contribution in [1.82, 2.24) is 4.98 Å². The normalized spacial score (nSPS) is 21.4. The molecule has 98 valence electrons. The van der Waals surface area contributed by atoms with Crippen LogP contribution in [0.4, 0.5) is 0 Å². The summed E-state index contributed by atoms with van der Waals surface area (Å²) in [6.45, 7) is 12.3. The molecule has 1 fully saturated rings. The highest BCUT2D eigenvalue weighted by atomic mass is 79.9. The molecular formula is C13H19BBrNO2. The maximum absolute atomic E-state index is 6.07. The van der Waals surface area contributed by atoms with Crippen molar-refractivity contribution in [2.45, 2.75) is 52.7 Å². The van der Waals surface area contributed by atoms with Crippen LogP contribution in [-0.4, -0.2) is 23.3 Å². The highest BCUT2D eigenvalue weighted by Crippen LogP contribution is 2.36. The first kappa shape index (κ1) is 14.0. The van der Waals surface area contributed by atoms with E-state index in [1.165, 1.54) is 0 Å². The summed E-state index contributed by atoms with van der Waals surface area (Å²) in [5.74, 6) is 0. The minimum absolute atomic E-state index is 0.316. The zero-order valence-electron chi connectivity index (χ0n) is 11.8. The fourth-order valence-corrected chi connectivity index (χ4v) is 2.72. The summed E-state index contributed by atoms with van der Waals surface area (Å²) in [5.41, 5.74) is 2.48. The lowest BCUT2D eigenvalue weighted by atomic mass is 9.75. The third-order valence-corrected chi connectivity index (χ3v) is 4.32. The topological polar surface area (TPSA) is 31.4 Å². The third-order valence-electron chi connectivity index (χ3n) is 3.91. The van der Waals surface area contributed by atoms with Gasteiger partial charge in [-0.2, -0.15) is 0 Å². The van der Waals surface area contributed by atoms with Gasteiger partial charge in [0.2, 0.25) is 0 Å². The highest BCUT2D eigenvalue weighted by Gasteiger charge is 2.52. The minimum Gasteiger partial charge on any atom is -0.399 e. The monoisotopic (exact) mass is 311 g/mol. The molecule has 1 aromatic heterocycles. The average Bonchev–Trinajstić information content (AvgIpc) is 2.32. The summed E-state index contributed by atoms with van der Waals surface area (Å²) in [6, 6.07) is 1.99. The number of rotatable bonds is 1. The van der Waals surface area contributed by atoms with Crippen LogP contribution in [0.5, 0.6) is 0 Å². The second kappa shape index (κ2) is 4.32. The molecule has 1 aliphatic rings. The predicted octanol–water partition coefficient (Wildman–Crippen LogP) is 2.76. The van der Waals surface area contributed by atoms with E-state index in [0.29, 0.717) is 0 Å². The number of nitrogens with zero attached hydrogens (tertiary/aromatic N) is 1. The molecule has 0 saturated carbocycles. The maximum Gasteiger partial charge on any atom is 0.496 e. The molecule has 0 spiro atoms. The van der Waals surface area contributed by atoms with Crippen molar-refractivity contribution >= 4 is 28.5 Å². The highest BCUT2D eigenvalue weighted by molar-refractivity contribution is 9.10. The molecule has 0 radical (unpaired) electrons. The molecule has 0 aliphatic carbocycles. The van der Waals surface area contributed by atoms with Gasteiger partial charge in [0.25, 0.3) is 0 Å². The van der Waals surface area contributed by atoms with E-state index < -0.39 is 0 Å². The van der Waals surface area contributed by atoms with Gasteiger partial charge in [-0.25, -0.2) is 4.98 Å². The van der Waals surface area contributed by atoms with Crippen LogP contribution >= 0.6 is 15.9 Å². The molecule has 5 heteroatoms. The number of halogens is 1. The van der Waals surface area contributed by atoms with Gasteiger partial charge in [-0.05, 0) is 69.1 Å². The van der Waals surface area contributed by atoms with Crippen LogP contribution in [0.2, 0.25) is 0 Å². The van der Waals surface area contributed by atoms with Crippen LogP contribution in [-0.2, 0) is 9.31 Å². The first-order valence-electron chi connectivity index (χ1n) is 6.13. The summed E-state index contributed by atoms with van der Waals surface area (Å²) < 4.78 is 13.0. The van der Waals surface area contributed by atoms with Crippen LogP contribution in [0.1, 0.15) is 39.0 Å². The fraction of sp³-hybridized carbons (Fsp3) is 0.615. The second-order valence-electron chi connectivity index (χ2n) is 5.85. The molecule has 0 amide bonds. The van der Waals surface area contributed by atoms with E-state index in [0.717, 1.165) is 21.3 Å². The molecule has 1 aromatic rings. The summed E-state index contributed by atoms with van der Waals surface area (Å²) >= 11 is 3.41. The fourth-order valence-electron chi connectivity index (χ4n) is 2.11. The van der Waals surface area contributed by atoms with Crippen LogP contribution in [0.3, 0.4) is 0 Å². The molecule has 0 N–H and O–H groups in total. The Balaban J connectivity index is 2.42. The van der Waals surface area contributed by atoms with Gasteiger partial charge in [0.05, 0.1) is 11.2 Å². The zero-order chi connectivity index (χ0) is 13.7. The summed E-state index contributed by atoms with van der Waals surface area (Å²) in [7, 11) is -0.337. The number of pyridine rings is 1. The summed E-state index contributed by atoms with van der Waals surface area (Å²) in [4.78, 5) is 4.43. The number of hydrogen-bond donors (Lipinski definition) is 0.